The van der Waals surface area contributed by atoms with Crippen LogP contribution in [0.15, 0.2) is 84.9 Å². The Morgan fingerprint density at radius 1 is 0.841 bits per heavy atom. The van der Waals surface area contributed by atoms with Crippen LogP contribution in [0.1, 0.15) is 44.1 Å². The standard InChI is InChI=1S/C32H26F3NO7S/c1-19-15-22(30(37)41-18-21-9-5-4-6-10-21)16-20(2)29(19)42-31(38)28-24-11-7-8-12-26(24)36(3)27-14-13-23(17-25(27)28)43-44(39,40)32(33,34)35/h4-17,28H,18H2,1-3H3. The molecule has 0 fully saturated rings. The minimum Gasteiger partial charge on any atom is -0.457 e. The van der Waals surface area contributed by atoms with Crippen LogP contribution in [0.3, 0.4) is 0 Å². The summed E-state index contributed by atoms with van der Waals surface area (Å²) in [5.41, 5.74) is -1.86. The number of hydrogen-bond donors (Lipinski definition) is 0. The van der Waals surface area contributed by atoms with E-state index in [9.17, 15) is 31.2 Å². The lowest BCUT2D eigenvalue weighted by molar-refractivity contribution is -0.135. The summed E-state index contributed by atoms with van der Waals surface area (Å²) in [6, 6.07) is 22.7. The molecule has 44 heavy (non-hydrogen) atoms. The quantitative estimate of drug-likeness (QED) is 0.0968. The Balaban J connectivity index is 1.46. The zero-order valence-electron chi connectivity index (χ0n) is 23.7. The highest BCUT2D eigenvalue weighted by molar-refractivity contribution is 7.88. The molecule has 0 aliphatic carbocycles. The lowest BCUT2D eigenvalue weighted by Gasteiger charge is -2.34. The van der Waals surface area contributed by atoms with Gasteiger partial charge < -0.3 is 18.6 Å². The van der Waals surface area contributed by atoms with Crippen molar-refractivity contribution in [2.45, 2.75) is 31.9 Å². The molecule has 4 aromatic carbocycles. The van der Waals surface area contributed by atoms with Gasteiger partial charge in [0, 0.05) is 18.4 Å². The predicted molar refractivity (Wildman–Crippen MR) is 156 cm³/mol. The monoisotopic (exact) mass is 625 g/mol. The van der Waals surface area contributed by atoms with Crippen LogP contribution in [0.4, 0.5) is 24.5 Å². The van der Waals surface area contributed by atoms with E-state index in [2.05, 4.69) is 4.18 Å². The van der Waals surface area contributed by atoms with E-state index < -0.39 is 39.2 Å². The molecular formula is C32H26F3NO7S. The fourth-order valence-corrected chi connectivity index (χ4v) is 5.53. The summed E-state index contributed by atoms with van der Waals surface area (Å²) in [6.07, 6.45) is 0. The Labute approximate surface area is 251 Å². The Hall–Kier alpha value is -4.84. The molecule has 1 atom stereocenters. The van der Waals surface area contributed by atoms with Gasteiger partial charge in [0.2, 0.25) is 0 Å². The summed E-state index contributed by atoms with van der Waals surface area (Å²) in [7, 11) is -4.24. The SMILES string of the molecule is Cc1cc(C(=O)OCc2ccccc2)cc(C)c1OC(=O)C1c2ccccc2N(C)c2ccc(OS(=O)(=O)C(F)(F)F)cc21. The van der Waals surface area contributed by atoms with E-state index in [1.807, 2.05) is 30.3 Å². The Morgan fingerprint density at radius 3 is 2.11 bits per heavy atom. The van der Waals surface area contributed by atoms with Gasteiger partial charge in [0.15, 0.2) is 0 Å². The number of para-hydroxylation sites is 1. The molecule has 1 heterocycles. The molecular weight excluding hydrogens is 599 g/mol. The fourth-order valence-electron chi connectivity index (χ4n) is 5.08. The molecule has 4 aromatic rings. The van der Waals surface area contributed by atoms with Gasteiger partial charge in [0.25, 0.3) is 0 Å². The molecule has 0 saturated carbocycles. The van der Waals surface area contributed by atoms with Crippen molar-refractivity contribution in [1.82, 2.24) is 0 Å². The zero-order valence-corrected chi connectivity index (χ0v) is 24.5. The number of ether oxygens (including phenoxy) is 2. The highest BCUT2D eigenvalue weighted by Crippen LogP contribution is 2.47. The largest absolute Gasteiger partial charge is 0.534 e. The van der Waals surface area contributed by atoms with E-state index in [0.717, 1.165) is 17.7 Å². The number of carbonyl (C=O) groups is 2. The van der Waals surface area contributed by atoms with Crippen LogP contribution in [-0.4, -0.2) is 32.9 Å². The average Bonchev–Trinajstić information content (AvgIpc) is 2.97. The van der Waals surface area contributed by atoms with Crippen LogP contribution in [0, 0.1) is 13.8 Å². The summed E-state index contributed by atoms with van der Waals surface area (Å²) in [5.74, 6) is -2.90. The van der Waals surface area contributed by atoms with Gasteiger partial charge in [-0.15, -0.1) is 0 Å². The minimum atomic E-state index is -5.95. The number of esters is 2. The molecule has 1 aliphatic rings. The van der Waals surface area contributed by atoms with Crippen molar-refractivity contribution in [3.8, 4) is 11.5 Å². The van der Waals surface area contributed by atoms with Crippen LogP contribution in [-0.2, 0) is 26.3 Å². The first kappa shape index (κ1) is 30.6. The van der Waals surface area contributed by atoms with Gasteiger partial charge in [-0.25, -0.2) is 4.79 Å². The molecule has 0 bridgehead atoms. The maximum Gasteiger partial charge on any atom is 0.534 e. The first-order chi connectivity index (χ1) is 20.8. The molecule has 12 heteroatoms. The number of fused-ring (bicyclic) bond motifs is 2. The lowest BCUT2D eigenvalue weighted by Crippen LogP contribution is -2.30. The zero-order chi connectivity index (χ0) is 31.8. The van der Waals surface area contributed by atoms with Gasteiger partial charge in [0.05, 0.1) is 5.56 Å². The molecule has 0 aromatic heterocycles. The lowest BCUT2D eigenvalue weighted by atomic mass is 9.85. The number of alkyl halides is 3. The molecule has 0 spiro atoms. The summed E-state index contributed by atoms with van der Waals surface area (Å²) in [6.45, 7) is 3.40. The van der Waals surface area contributed by atoms with E-state index in [0.29, 0.717) is 28.1 Å². The van der Waals surface area contributed by atoms with Crippen LogP contribution >= 0.6 is 0 Å². The van der Waals surface area contributed by atoms with Crippen LogP contribution in [0.25, 0.3) is 0 Å². The van der Waals surface area contributed by atoms with Crippen molar-refractivity contribution >= 4 is 33.4 Å². The molecule has 0 amide bonds. The third kappa shape index (κ3) is 5.98. The average molecular weight is 626 g/mol. The van der Waals surface area contributed by atoms with Gasteiger partial charge in [-0.3, -0.25) is 4.79 Å². The first-order valence-electron chi connectivity index (χ1n) is 13.3. The Kier molecular flexibility index (Phi) is 8.13. The normalized spacial score (nSPS) is 14.3. The Morgan fingerprint density at radius 2 is 1.45 bits per heavy atom. The maximum absolute atomic E-state index is 13.9. The number of anilines is 2. The van der Waals surface area contributed by atoms with Crippen molar-refractivity contribution in [2.75, 3.05) is 11.9 Å². The number of rotatable bonds is 7. The molecule has 0 N–H and O–H groups in total. The summed E-state index contributed by atoms with van der Waals surface area (Å²) in [5, 5.41) is 0. The van der Waals surface area contributed by atoms with Gasteiger partial charge in [-0.1, -0.05) is 48.5 Å². The van der Waals surface area contributed by atoms with E-state index in [4.69, 9.17) is 9.47 Å². The molecule has 8 nitrogen and oxygen atoms in total. The van der Waals surface area contributed by atoms with Crippen molar-refractivity contribution in [1.29, 1.82) is 0 Å². The number of benzene rings is 4. The number of halogens is 3. The van der Waals surface area contributed by atoms with Crippen LogP contribution in [0.5, 0.6) is 11.5 Å². The van der Waals surface area contributed by atoms with E-state index >= 15 is 0 Å². The molecule has 1 unspecified atom stereocenters. The topological polar surface area (TPSA) is 99.2 Å². The molecule has 0 saturated heterocycles. The van der Waals surface area contributed by atoms with Gasteiger partial charge in [-0.2, -0.15) is 21.6 Å². The second-order valence-corrected chi connectivity index (χ2v) is 11.7. The van der Waals surface area contributed by atoms with Crippen molar-refractivity contribution in [3.05, 3.63) is 118 Å². The van der Waals surface area contributed by atoms with E-state index in [1.165, 1.54) is 18.2 Å². The van der Waals surface area contributed by atoms with Crippen molar-refractivity contribution in [2.24, 2.45) is 0 Å². The van der Waals surface area contributed by atoms with Gasteiger partial charge >= 0.3 is 27.6 Å². The van der Waals surface area contributed by atoms with Gasteiger partial charge in [-0.05, 0) is 78.1 Å². The fraction of sp³-hybridized carbons (Fsp3) is 0.188. The van der Waals surface area contributed by atoms with Crippen LogP contribution in [0.2, 0.25) is 0 Å². The van der Waals surface area contributed by atoms with Crippen molar-refractivity contribution in [3.63, 3.8) is 0 Å². The second-order valence-electron chi connectivity index (χ2n) is 10.2. The summed E-state index contributed by atoms with van der Waals surface area (Å²) >= 11 is 0. The van der Waals surface area contributed by atoms with E-state index in [1.54, 1.807) is 50.1 Å². The molecule has 0 radical (unpaired) electrons. The first-order valence-corrected chi connectivity index (χ1v) is 14.7. The summed E-state index contributed by atoms with van der Waals surface area (Å²) < 4.78 is 78.1. The maximum atomic E-state index is 13.9. The number of hydrogen-bond acceptors (Lipinski definition) is 8. The summed E-state index contributed by atoms with van der Waals surface area (Å²) in [4.78, 5) is 28.3. The molecule has 228 valence electrons. The number of aryl methyl sites for hydroxylation is 2. The highest BCUT2D eigenvalue weighted by Gasteiger charge is 2.49. The van der Waals surface area contributed by atoms with E-state index in [-0.39, 0.29) is 23.5 Å². The van der Waals surface area contributed by atoms with Crippen molar-refractivity contribution < 1.29 is 44.8 Å². The highest BCUT2D eigenvalue weighted by atomic mass is 32.2. The third-order valence-electron chi connectivity index (χ3n) is 7.12. The Bertz CT molecular complexity index is 1830. The smallest absolute Gasteiger partial charge is 0.457 e. The third-order valence-corrected chi connectivity index (χ3v) is 8.10. The number of nitrogens with zero attached hydrogens (tertiary/aromatic N) is 1. The van der Waals surface area contributed by atoms with Gasteiger partial charge in [0.1, 0.15) is 24.0 Å². The molecule has 5 rings (SSSR count). The van der Waals surface area contributed by atoms with Crippen LogP contribution < -0.4 is 13.8 Å². The predicted octanol–water partition coefficient (Wildman–Crippen LogP) is 6.71. The molecule has 1 aliphatic heterocycles. The number of carbonyl (C=O) groups excluding carboxylic acids is 2. The minimum absolute atomic E-state index is 0.0828. The second kappa shape index (κ2) is 11.7.